The highest BCUT2D eigenvalue weighted by Crippen LogP contribution is 2.06. The third kappa shape index (κ3) is 2.28. The first-order valence-corrected chi connectivity index (χ1v) is 4.69. The highest BCUT2D eigenvalue weighted by Gasteiger charge is 2.16. The molecule has 17 heavy (non-hydrogen) atoms. The molecule has 0 radical (unpaired) electrons. The molecule has 0 aliphatic carbocycles. The van der Waals surface area contributed by atoms with Gasteiger partial charge >= 0.3 is 5.97 Å². The smallest absolute Gasteiger partial charge is 0.327 e. The van der Waals surface area contributed by atoms with Crippen LogP contribution in [0.15, 0.2) is 12.1 Å². The molecule has 0 aliphatic heterocycles. The molecular formula is C9H8N6O2. The van der Waals surface area contributed by atoms with E-state index in [1.165, 1.54) is 4.63 Å². The molecule has 1 atom stereocenters. The predicted molar refractivity (Wildman–Crippen MR) is 57.1 cm³/mol. The summed E-state index contributed by atoms with van der Waals surface area (Å²) in [5.74, 6) is 1.58. The molecule has 0 aromatic carbocycles. The second kappa shape index (κ2) is 4.44. The van der Waals surface area contributed by atoms with E-state index in [1.807, 2.05) is 0 Å². The lowest BCUT2D eigenvalue weighted by Crippen LogP contribution is -2.29. The van der Waals surface area contributed by atoms with Gasteiger partial charge in [0.1, 0.15) is 11.9 Å². The second-order valence-corrected chi connectivity index (χ2v) is 3.19. The minimum absolute atomic E-state index is 0.0602. The third-order valence-electron chi connectivity index (χ3n) is 2.01. The Morgan fingerprint density at radius 1 is 1.65 bits per heavy atom. The predicted octanol–water partition coefficient (Wildman–Crippen LogP) is -0.592. The Morgan fingerprint density at radius 2 is 2.47 bits per heavy atom. The zero-order valence-corrected chi connectivity index (χ0v) is 8.61. The van der Waals surface area contributed by atoms with Crippen LogP contribution in [-0.2, 0) is 4.79 Å². The van der Waals surface area contributed by atoms with Crippen LogP contribution < -0.4 is 5.32 Å². The van der Waals surface area contributed by atoms with E-state index in [9.17, 15) is 4.79 Å². The molecule has 86 valence electrons. The first kappa shape index (κ1) is 10.8. The Balaban J connectivity index is 2.21. The third-order valence-corrected chi connectivity index (χ3v) is 2.01. The second-order valence-electron chi connectivity index (χ2n) is 3.19. The molecule has 0 saturated heterocycles. The van der Waals surface area contributed by atoms with Crippen molar-refractivity contribution >= 4 is 17.4 Å². The molecule has 8 heteroatoms. The summed E-state index contributed by atoms with van der Waals surface area (Å²) in [4.78, 5) is 10.9. The molecule has 0 saturated carbocycles. The number of carboxylic acids is 1. The number of anilines is 1. The van der Waals surface area contributed by atoms with Crippen LogP contribution in [0, 0.1) is 12.3 Å². The minimum atomic E-state index is -1.04. The number of hydrogen-bond donors (Lipinski definition) is 2. The van der Waals surface area contributed by atoms with Crippen LogP contribution in [0.4, 0.5) is 5.82 Å². The fraction of sp³-hybridized carbons (Fsp3) is 0.222. The van der Waals surface area contributed by atoms with Crippen molar-refractivity contribution in [2.45, 2.75) is 12.5 Å². The van der Waals surface area contributed by atoms with Crippen molar-refractivity contribution < 1.29 is 9.90 Å². The fourth-order valence-electron chi connectivity index (χ4n) is 1.22. The van der Waals surface area contributed by atoms with Gasteiger partial charge in [-0.15, -0.1) is 27.2 Å². The van der Waals surface area contributed by atoms with E-state index >= 15 is 0 Å². The van der Waals surface area contributed by atoms with E-state index in [2.05, 4.69) is 31.9 Å². The van der Waals surface area contributed by atoms with Crippen molar-refractivity contribution in [3.63, 3.8) is 0 Å². The number of carbonyl (C=O) groups is 1. The van der Waals surface area contributed by atoms with Gasteiger partial charge in [0.15, 0.2) is 5.65 Å². The number of nitrogens with zero attached hydrogens (tertiary/aromatic N) is 5. The van der Waals surface area contributed by atoms with Gasteiger partial charge in [-0.1, -0.05) is 0 Å². The lowest BCUT2D eigenvalue weighted by Gasteiger charge is -2.11. The standard InChI is InChI=1S/C9H8N6O2/c1-2-3-6(9(16)17)10-7-4-5-8-11-13-14-15(8)12-7/h1,4-6H,3H2,(H,10,12)(H,16,17). The van der Waals surface area contributed by atoms with Gasteiger partial charge < -0.3 is 10.4 Å². The molecule has 8 nitrogen and oxygen atoms in total. The van der Waals surface area contributed by atoms with E-state index in [4.69, 9.17) is 11.5 Å². The van der Waals surface area contributed by atoms with Gasteiger partial charge in [-0.2, -0.15) is 0 Å². The molecule has 2 aromatic heterocycles. The Morgan fingerprint density at radius 3 is 3.18 bits per heavy atom. The van der Waals surface area contributed by atoms with Crippen molar-refractivity contribution in [3.05, 3.63) is 12.1 Å². The topological polar surface area (TPSA) is 105 Å². The molecule has 0 aliphatic rings. The molecule has 0 fully saturated rings. The Bertz CT molecular complexity index is 586. The van der Waals surface area contributed by atoms with Crippen LogP contribution in [0.2, 0.25) is 0 Å². The summed E-state index contributed by atoms with van der Waals surface area (Å²) in [6.07, 6.45) is 5.14. The molecule has 2 N–H and O–H groups in total. The molecule has 2 heterocycles. The molecule has 0 bridgehead atoms. The van der Waals surface area contributed by atoms with E-state index in [0.29, 0.717) is 11.5 Å². The monoisotopic (exact) mass is 232 g/mol. The average molecular weight is 232 g/mol. The summed E-state index contributed by atoms with van der Waals surface area (Å²) < 4.78 is 1.19. The number of hydrogen-bond acceptors (Lipinski definition) is 6. The minimum Gasteiger partial charge on any atom is -0.480 e. The zero-order chi connectivity index (χ0) is 12.3. The number of fused-ring (bicyclic) bond motifs is 1. The summed E-state index contributed by atoms with van der Waals surface area (Å²) in [6, 6.07) is 2.31. The zero-order valence-electron chi connectivity index (χ0n) is 8.61. The van der Waals surface area contributed by atoms with Crippen LogP contribution in [0.5, 0.6) is 0 Å². The Labute approximate surface area is 95.6 Å². The molecular weight excluding hydrogens is 224 g/mol. The number of rotatable bonds is 4. The van der Waals surface area contributed by atoms with Gasteiger partial charge in [0.25, 0.3) is 0 Å². The fourth-order valence-corrected chi connectivity index (χ4v) is 1.22. The summed E-state index contributed by atoms with van der Waals surface area (Å²) in [6.45, 7) is 0. The van der Waals surface area contributed by atoms with Gasteiger partial charge in [-0.25, -0.2) is 4.79 Å². The van der Waals surface area contributed by atoms with Crippen LogP contribution >= 0.6 is 0 Å². The number of aromatic nitrogens is 5. The Hall–Kier alpha value is -2.69. The van der Waals surface area contributed by atoms with E-state index in [0.717, 1.165) is 0 Å². The van der Waals surface area contributed by atoms with Crippen LogP contribution in [0.25, 0.3) is 5.65 Å². The van der Waals surface area contributed by atoms with E-state index in [1.54, 1.807) is 12.1 Å². The lowest BCUT2D eigenvalue weighted by atomic mass is 10.2. The van der Waals surface area contributed by atoms with Gasteiger partial charge in [0.2, 0.25) is 0 Å². The van der Waals surface area contributed by atoms with Crippen molar-refractivity contribution in [2.24, 2.45) is 0 Å². The van der Waals surface area contributed by atoms with Gasteiger partial charge in [-0.05, 0) is 22.6 Å². The van der Waals surface area contributed by atoms with Crippen molar-refractivity contribution in [3.8, 4) is 12.3 Å². The van der Waals surface area contributed by atoms with Crippen LogP contribution in [-0.4, -0.2) is 42.4 Å². The maximum absolute atomic E-state index is 10.9. The highest BCUT2D eigenvalue weighted by atomic mass is 16.4. The number of carboxylic acid groups (broad SMARTS) is 1. The first-order chi connectivity index (χ1) is 8.20. The number of nitrogens with one attached hydrogen (secondary N) is 1. The molecule has 0 amide bonds. The Kier molecular flexibility index (Phi) is 2.83. The van der Waals surface area contributed by atoms with Crippen molar-refractivity contribution in [1.29, 1.82) is 0 Å². The first-order valence-electron chi connectivity index (χ1n) is 4.69. The van der Waals surface area contributed by atoms with Crippen molar-refractivity contribution in [1.82, 2.24) is 25.3 Å². The van der Waals surface area contributed by atoms with Crippen LogP contribution in [0.3, 0.4) is 0 Å². The van der Waals surface area contributed by atoms with E-state index in [-0.39, 0.29) is 6.42 Å². The molecule has 1 unspecified atom stereocenters. The highest BCUT2D eigenvalue weighted by molar-refractivity contribution is 5.77. The summed E-state index contributed by atoms with van der Waals surface area (Å²) in [5, 5.41) is 26.3. The van der Waals surface area contributed by atoms with Crippen LogP contribution in [0.1, 0.15) is 6.42 Å². The number of aliphatic carboxylic acids is 1. The molecule has 2 aromatic rings. The van der Waals surface area contributed by atoms with Gasteiger partial charge in [0, 0.05) is 6.42 Å². The maximum atomic E-state index is 10.9. The number of tetrazole rings is 1. The largest absolute Gasteiger partial charge is 0.480 e. The summed E-state index contributed by atoms with van der Waals surface area (Å²) in [7, 11) is 0. The maximum Gasteiger partial charge on any atom is 0.327 e. The quantitative estimate of drug-likeness (QED) is 0.678. The molecule has 0 spiro atoms. The van der Waals surface area contributed by atoms with Crippen molar-refractivity contribution in [2.75, 3.05) is 5.32 Å². The lowest BCUT2D eigenvalue weighted by molar-refractivity contribution is -0.137. The summed E-state index contributed by atoms with van der Waals surface area (Å²) in [5.41, 5.74) is 0.472. The normalized spacial score (nSPS) is 11.9. The molecule has 2 rings (SSSR count). The van der Waals surface area contributed by atoms with Gasteiger partial charge in [-0.3, -0.25) is 0 Å². The average Bonchev–Trinajstić information content (AvgIpc) is 2.75. The van der Waals surface area contributed by atoms with E-state index < -0.39 is 12.0 Å². The van der Waals surface area contributed by atoms with Gasteiger partial charge in [0.05, 0.1) is 0 Å². The summed E-state index contributed by atoms with van der Waals surface area (Å²) >= 11 is 0. The SMILES string of the molecule is C#CCC(Nc1ccc2nnnn2n1)C(=O)O. The number of terminal acetylenes is 1.